The molecule has 0 amide bonds. The SMILES string of the molecule is Nc1cccc2cnccc12.O=[N+]([O-])c1cccc2cnccc12. The van der Waals surface area contributed by atoms with Gasteiger partial charge in [-0.3, -0.25) is 20.1 Å². The molecule has 4 rings (SSSR count). The number of non-ortho nitro benzene ring substituents is 1. The molecule has 0 saturated carbocycles. The summed E-state index contributed by atoms with van der Waals surface area (Å²) in [6.07, 6.45) is 6.72. The summed E-state index contributed by atoms with van der Waals surface area (Å²) in [5, 5.41) is 14.2. The second-order valence-electron chi connectivity index (χ2n) is 5.08. The Morgan fingerprint density at radius 1 is 0.833 bits per heavy atom. The van der Waals surface area contributed by atoms with Gasteiger partial charge in [0.2, 0.25) is 0 Å². The molecule has 118 valence electrons. The molecule has 2 aromatic carbocycles. The standard InChI is InChI=1S/C9H6N2O2.C9H8N2/c12-11(13)9-3-1-2-7-6-10-5-4-8(7)9;10-9-3-1-2-7-6-11-5-4-8(7)9/h1-6H;1-6H,10H2. The van der Waals surface area contributed by atoms with E-state index in [0.717, 1.165) is 21.8 Å². The Bertz CT molecular complexity index is 1010. The molecular formula is C18H14N4O2. The molecule has 0 unspecified atom stereocenters. The minimum absolute atomic E-state index is 0.125. The summed E-state index contributed by atoms with van der Waals surface area (Å²) in [5.41, 5.74) is 6.66. The molecule has 0 atom stereocenters. The van der Waals surface area contributed by atoms with Crippen LogP contribution in [0.2, 0.25) is 0 Å². The van der Waals surface area contributed by atoms with E-state index in [4.69, 9.17) is 5.73 Å². The van der Waals surface area contributed by atoms with Gasteiger partial charge >= 0.3 is 0 Å². The Hall–Kier alpha value is -3.54. The second-order valence-corrected chi connectivity index (χ2v) is 5.08. The van der Waals surface area contributed by atoms with Crippen molar-refractivity contribution in [1.82, 2.24) is 9.97 Å². The van der Waals surface area contributed by atoms with Crippen LogP contribution in [0.1, 0.15) is 0 Å². The zero-order valence-corrected chi connectivity index (χ0v) is 12.7. The number of nitrogens with zero attached hydrogens (tertiary/aromatic N) is 3. The lowest BCUT2D eigenvalue weighted by atomic mass is 10.1. The van der Waals surface area contributed by atoms with E-state index in [1.54, 1.807) is 36.8 Å². The Morgan fingerprint density at radius 2 is 1.42 bits per heavy atom. The molecule has 4 aromatic rings. The summed E-state index contributed by atoms with van der Waals surface area (Å²) >= 11 is 0. The Morgan fingerprint density at radius 3 is 2.04 bits per heavy atom. The van der Waals surface area contributed by atoms with Crippen molar-refractivity contribution in [1.29, 1.82) is 0 Å². The second kappa shape index (κ2) is 6.70. The van der Waals surface area contributed by atoms with Crippen LogP contribution in [0.25, 0.3) is 21.5 Å². The number of nitrogen functional groups attached to an aromatic ring is 1. The van der Waals surface area contributed by atoms with E-state index in [1.165, 1.54) is 6.07 Å². The largest absolute Gasteiger partial charge is 0.398 e. The fraction of sp³-hybridized carbons (Fsp3) is 0. The third-order valence-corrected chi connectivity index (χ3v) is 3.57. The normalized spacial score (nSPS) is 10.2. The highest BCUT2D eigenvalue weighted by Crippen LogP contribution is 2.23. The number of benzene rings is 2. The number of hydrogen-bond acceptors (Lipinski definition) is 5. The lowest BCUT2D eigenvalue weighted by molar-refractivity contribution is -0.383. The predicted molar refractivity (Wildman–Crippen MR) is 94.6 cm³/mol. The molecule has 2 heterocycles. The van der Waals surface area contributed by atoms with Crippen LogP contribution in [0.3, 0.4) is 0 Å². The highest BCUT2D eigenvalue weighted by atomic mass is 16.6. The molecule has 0 saturated heterocycles. The molecule has 0 bridgehead atoms. The first-order valence-corrected chi connectivity index (χ1v) is 7.22. The first-order chi connectivity index (χ1) is 11.7. The topological polar surface area (TPSA) is 94.9 Å². The summed E-state index contributed by atoms with van der Waals surface area (Å²) in [6.45, 7) is 0. The van der Waals surface area contributed by atoms with Crippen molar-refractivity contribution in [3.63, 3.8) is 0 Å². The van der Waals surface area contributed by atoms with Gasteiger partial charge in [-0.25, -0.2) is 0 Å². The maximum absolute atomic E-state index is 10.6. The molecule has 0 radical (unpaired) electrons. The van der Waals surface area contributed by atoms with Crippen molar-refractivity contribution >= 4 is 32.9 Å². The zero-order valence-electron chi connectivity index (χ0n) is 12.7. The van der Waals surface area contributed by atoms with Crippen LogP contribution < -0.4 is 5.73 Å². The van der Waals surface area contributed by atoms with Crippen LogP contribution in [0.5, 0.6) is 0 Å². The molecular weight excluding hydrogens is 304 g/mol. The number of aromatic nitrogens is 2. The van der Waals surface area contributed by atoms with Crippen LogP contribution in [0, 0.1) is 10.1 Å². The summed E-state index contributed by atoms with van der Waals surface area (Å²) in [4.78, 5) is 18.1. The smallest absolute Gasteiger partial charge is 0.277 e. The van der Waals surface area contributed by atoms with Gasteiger partial charge in [0.05, 0.1) is 10.3 Å². The van der Waals surface area contributed by atoms with Gasteiger partial charge in [0.1, 0.15) is 0 Å². The maximum Gasteiger partial charge on any atom is 0.277 e. The minimum atomic E-state index is -0.387. The zero-order chi connectivity index (χ0) is 16.9. The van der Waals surface area contributed by atoms with Crippen LogP contribution >= 0.6 is 0 Å². The predicted octanol–water partition coefficient (Wildman–Crippen LogP) is 3.96. The number of nitro benzene ring substituents is 1. The molecule has 6 heteroatoms. The van der Waals surface area contributed by atoms with Gasteiger partial charge in [-0.05, 0) is 18.2 Å². The van der Waals surface area contributed by atoms with Gasteiger partial charge < -0.3 is 5.73 Å². The summed E-state index contributed by atoms with van der Waals surface area (Å²) in [6, 6.07) is 14.3. The quantitative estimate of drug-likeness (QED) is 0.325. The molecule has 24 heavy (non-hydrogen) atoms. The Balaban J connectivity index is 0.000000143. The fourth-order valence-electron chi connectivity index (χ4n) is 2.41. The van der Waals surface area contributed by atoms with Crippen LogP contribution in [-0.4, -0.2) is 14.9 Å². The van der Waals surface area contributed by atoms with Crippen molar-refractivity contribution in [2.75, 3.05) is 5.73 Å². The van der Waals surface area contributed by atoms with Gasteiger partial charge in [-0.1, -0.05) is 24.3 Å². The van der Waals surface area contributed by atoms with E-state index in [1.807, 2.05) is 30.5 Å². The highest BCUT2D eigenvalue weighted by molar-refractivity contribution is 5.92. The lowest BCUT2D eigenvalue weighted by Crippen LogP contribution is -1.88. The summed E-state index contributed by atoms with van der Waals surface area (Å²) < 4.78 is 0. The third-order valence-electron chi connectivity index (χ3n) is 3.57. The number of fused-ring (bicyclic) bond motifs is 2. The maximum atomic E-state index is 10.6. The van der Waals surface area contributed by atoms with E-state index < -0.39 is 0 Å². The van der Waals surface area contributed by atoms with Crippen LogP contribution in [-0.2, 0) is 0 Å². The monoisotopic (exact) mass is 318 g/mol. The van der Waals surface area contributed by atoms with Crippen molar-refractivity contribution in [2.45, 2.75) is 0 Å². The van der Waals surface area contributed by atoms with E-state index in [9.17, 15) is 10.1 Å². The molecule has 0 fully saturated rings. The number of nitrogens with two attached hydrogens (primary N) is 1. The number of hydrogen-bond donors (Lipinski definition) is 1. The molecule has 0 aliphatic rings. The summed E-state index contributed by atoms with van der Waals surface area (Å²) in [5.74, 6) is 0. The Labute approximate surface area is 137 Å². The lowest BCUT2D eigenvalue weighted by Gasteiger charge is -1.98. The number of nitro groups is 1. The molecule has 2 N–H and O–H groups in total. The van der Waals surface area contributed by atoms with Crippen molar-refractivity contribution in [3.05, 3.63) is 83.4 Å². The molecule has 2 aromatic heterocycles. The Kier molecular flexibility index (Phi) is 4.29. The van der Waals surface area contributed by atoms with E-state index in [-0.39, 0.29) is 10.6 Å². The van der Waals surface area contributed by atoms with E-state index in [0.29, 0.717) is 5.39 Å². The van der Waals surface area contributed by atoms with Crippen molar-refractivity contribution in [3.8, 4) is 0 Å². The average Bonchev–Trinajstić information content (AvgIpc) is 2.62. The average molecular weight is 318 g/mol. The van der Waals surface area contributed by atoms with E-state index in [2.05, 4.69) is 9.97 Å². The fourth-order valence-corrected chi connectivity index (χ4v) is 2.41. The van der Waals surface area contributed by atoms with Gasteiger partial charge in [0.25, 0.3) is 5.69 Å². The minimum Gasteiger partial charge on any atom is -0.398 e. The molecule has 0 spiro atoms. The number of rotatable bonds is 1. The number of pyridine rings is 2. The first kappa shape index (κ1) is 15.4. The van der Waals surface area contributed by atoms with Gasteiger partial charge in [-0.15, -0.1) is 0 Å². The van der Waals surface area contributed by atoms with Gasteiger partial charge in [0.15, 0.2) is 0 Å². The summed E-state index contributed by atoms with van der Waals surface area (Å²) in [7, 11) is 0. The van der Waals surface area contributed by atoms with Crippen LogP contribution in [0.15, 0.2) is 73.3 Å². The first-order valence-electron chi connectivity index (χ1n) is 7.22. The number of anilines is 1. The van der Waals surface area contributed by atoms with E-state index >= 15 is 0 Å². The van der Waals surface area contributed by atoms with Gasteiger partial charge in [-0.2, -0.15) is 0 Å². The molecule has 6 nitrogen and oxygen atoms in total. The van der Waals surface area contributed by atoms with Gasteiger partial charge in [0, 0.05) is 52.7 Å². The third kappa shape index (κ3) is 3.12. The molecule has 0 aliphatic heterocycles. The van der Waals surface area contributed by atoms with Crippen molar-refractivity contribution < 1.29 is 4.92 Å². The molecule has 0 aliphatic carbocycles. The van der Waals surface area contributed by atoms with Crippen LogP contribution in [0.4, 0.5) is 11.4 Å². The van der Waals surface area contributed by atoms with Crippen molar-refractivity contribution in [2.24, 2.45) is 0 Å². The highest BCUT2D eigenvalue weighted by Gasteiger charge is 2.09.